The van der Waals surface area contributed by atoms with Gasteiger partial charge in [0.2, 0.25) is 11.9 Å². The first kappa shape index (κ1) is 19.5. The summed E-state index contributed by atoms with van der Waals surface area (Å²) in [4.78, 5) is 19.4. The highest BCUT2D eigenvalue weighted by Crippen LogP contribution is 2.42. The van der Waals surface area contributed by atoms with Crippen molar-refractivity contribution in [3.05, 3.63) is 71.0 Å². The van der Waals surface area contributed by atoms with Crippen molar-refractivity contribution in [2.75, 3.05) is 12.0 Å². The number of amides is 1. The van der Waals surface area contributed by atoms with E-state index < -0.39 is 0 Å². The van der Waals surface area contributed by atoms with Crippen LogP contribution in [-0.4, -0.2) is 27.8 Å². The predicted octanol–water partition coefficient (Wildman–Crippen LogP) is 4.66. The zero-order valence-electron chi connectivity index (χ0n) is 16.6. The highest BCUT2D eigenvalue weighted by atomic mass is 35.5. The maximum Gasteiger partial charge on any atom is 0.232 e. The van der Waals surface area contributed by atoms with E-state index in [2.05, 4.69) is 10.1 Å². The molecule has 0 saturated carbocycles. The number of carbonyl (C=O) groups is 1. The lowest BCUT2D eigenvalue weighted by molar-refractivity contribution is -0.122. The highest BCUT2D eigenvalue weighted by molar-refractivity contribution is 6.30. The van der Waals surface area contributed by atoms with Gasteiger partial charge in [-0.3, -0.25) is 9.69 Å². The quantitative estimate of drug-likeness (QED) is 0.627. The van der Waals surface area contributed by atoms with E-state index in [9.17, 15) is 4.79 Å². The highest BCUT2D eigenvalue weighted by Gasteiger charge is 2.39. The number of hydrogen-bond donors (Lipinski definition) is 0. The van der Waals surface area contributed by atoms with E-state index in [-0.39, 0.29) is 23.9 Å². The summed E-state index contributed by atoms with van der Waals surface area (Å²) in [7, 11) is 1.65. The topological polar surface area (TPSA) is 60.2 Å². The van der Waals surface area contributed by atoms with Crippen LogP contribution < -0.4 is 9.64 Å². The van der Waals surface area contributed by atoms with Gasteiger partial charge in [0.25, 0.3) is 0 Å². The second kappa shape index (κ2) is 7.87. The van der Waals surface area contributed by atoms with Crippen molar-refractivity contribution in [2.45, 2.75) is 32.4 Å². The molecule has 1 aliphatic rings. The van der Waals surface area contributed by atoms with Gasteiger partial charge in [0.15, 0.2) is 0 Å². The number of anilines is 1. The van der Waals surface area contributed by atoms with E-state index in [4.69, 9.17) is 16.3 Å². The molecule has 0 radical (unpaired) electrons. The molecule has 1 aromatic heterocycles. The number of benzene rings is 2. The third-order valence-electron chi connectivity index (χ3n) is 5.31. The molecule has 1 aliphatic heterocycles. The Hall–Kier alpha value is -2.86. The maximum atomic E-state index is 13.1. The van der Waals surface area contributed by atoms with Gasteiger partial charge in [0, 0.05) is 10.9 Å². The van der Waals surface area contributed by atoms with Crippen LogP contribution in [0.2, 0.25) is 5.02 Å². The Labute approximate surface area is 175 Å². The van der Waals surface area contributed by atoms with Crippen molar-refractivity contribution >= 4 is 23.5 Å². The number of ether oxygens (including phenoxy) is 1. The SMILES string of the molecule is COc1ccc(C2CC(c3ccc(Cl)cc3)N(C(=O)C(C)C)c3ncnn32)cc1. The second-order valence-electron chi connectivity index (χ2n) is 7.46. The Balaban J connectivity index is 1.82. The molecule has 3 aromatic rings. The Morgan fingerprint density at radius 3 is 2.31 bits per heavy atom. The first-order valence-electron chi connectivity index (χ1n) is 9.61. The van der Waals surface area contributed by atoms with Crippen LogP contribution in [0.3, 0.4) is 0 Å². The fourth-order valence-corrected chi connectivity index (χ4v) is 3.92. The molecular formula is C22H23ClN4O2. The van der Waals surface area contributed by atoms with E-state index >= 15 is 0 Å². The van der Waals surface area contributed by atoms with Crippen molar-refractivity contribution < 1.29 is 9.53 Å². The summed E-state index contributed by atoms with van der Waals surface area (Å²) in [6, 6.07) is 15.4. The molecule has 0 fully saturated rings. The van der Waals surface area contributed by atoms with Gasteiger partial charge in [0.1, 0.15) is 12.1 Å². The first-order valence-corrected chi connectivity index (χ1v) is 9.99. The fraction of sp³-hybridized carbons (Fsp3) is 0.318. The average Bonchev–Trinajstić information content (AvgIpc) is 3.22. The third kappa shape index (κ3) is 3.60. The molecule has 2 unspecified atom stereocenters. The Morgan fingerprint density at radius 2 is 1.69 bits per heavy atom. The molecule has 2 atom stereocenters. The van der Waals surface area contributed by atoms with Crippen molar-refractivity contribution in [1.82, 2.24) is 14.8 Å². The molecule has 4 rings (SSSR count). The van der Waals surface area contributed by atoms with Gasteiger partial charge >= 0.3 is 0 Å². The van der Waals surface area contributed by atoms with Gasteiger partial charge in [0.05, 0.1) is 19.2 Å². The van der Waals surface area contributed by atoms with Gasteiger partial charge in [-0.25, -0.2) is 4.68 Å². The van der Waals surface area contributed by atoms with Crippen molar-refractivity contribution in [2.24, 2.45) is 5.92 Å². The zero-order chi connectivity index (χ0) is 20.5. The van der Waals surface area contributed by atoms with Gasteiger partial charge in [-0.05, 0) is 41.8 Å². The molecule has 7 heteroatoms. The van der Waals surface area contributed by atoms with Crippen LogP contribution >= 0.6 is 11.6 Å². The largest absolute Gasteiger partial charge is 0.497 e. The summed E-state index contributed by atoms with van der Waals surface area (Å²) in [6.45, 7) is 3.80. The minimum absolute atomic E-state index is 0.0207. The molecule has 0 spiro atoms. The second-order valence-corrected chi connectivity index (χ2v) is 7.90. The van der Waals surface area contributed by atoms with Gasteiger partial charge < -0.3 is 4.74 Å². The van der Waals surface area contributed by atoms with Gasteiger partial charge in [-0.1, -0.05) is 49.7 Å². The Kier molecular flexibility index (Phi) is 5.28. The van der Waals surface area contributed by atoms with Crippen LogP contribution in [0, 0.1) is 5.92 Å². The van der Waals surface area contributed by atoms with E-state index in [1.807, 2.05) is 67.1 Å². The summed E-state index contributed by atoms with van der Waals surface area (Å²) < 4.78 is 7.13. The van der Waals surface area contributed by atoms with Crippen molar-refractivity contribution in [3.8, 4) is 5.75 Å². The Morgan fingerprint density at radius 1 is 1.07 bits per heavy atom. The summed E-state index contributed by atoms with van der Waals surface area (Å²) in [6.07, 6.45) is 2.19. The molecule has 0 aliphatic carbocycles. The third-order valence-corrected chi connectivity index (χ3v) is 5.56. The number of hydrogen-bond acceptors (Lipinski definition) is 4. The minimum atomic E-state index is -0.161. The number of carbonyl (C=O) groups excluding carboxylic acids is 1. The van der Waals surface area contributed by atoms with Crippen LogP contribution in [0.25, 0.3) is 0 Å². The van der Waals surface area contributed by atoms with Crippen LogP contribution in [0.4, 0.5) is 5.95 Å². The molecule has 29 heavy (non-hydrogen) atoms. The lowest BCUT2D eigenvalue weighted by Gasteiger charge is -2.40. The molecule has 6 nitrogen and oxygen atoms in total. The molecule has 0 N–H and O–H groups in total. The summed E-state index contributed by atoms with van der Waals surface area (Å²) in [5, 5.41) is 5.12. The molecule has 0 bridgehead atoms. The summed E-state index contributed by atoms with van der Waals surface area (Å²) >= 11 is 6.10. The minimum Gasteiger partial charge on any atom is -0.497 e. The lowest BCUT2D eigenvalue weighted by Crippen LogP contribution is -2.44. The van der Waals surface area contributed by atoms with Crippen molar-refractivity contribution in [3.63, 3.8) is 0 Å². The predicted molar refractivity (Wildman–Crippen MR) is 112 cm³/mol. The van der Waals surface area contributed by atoms with Crippen LogP contribution in [-0.2, 0) is 4.79 Å². The van der Waals surface area contributed by atoms with Crippen LogP contribution in [0.5, 0.6) is 5.75 Å². The smallest absolute Gasteiger partial charge is 0.232 e. The van der Waals surface area contributed by atoms with E-state index in [1.54, 1.807) is 12.0 Å². The van der Waals surface area contributed by atoms with E-state index in [0.29, 0.717) is 17.4 Å². The van der Waals surface area contributed by atoms with Crippen molar-refractivity contribution in [1.29, 1.82) is 0 Å². The van der Waals surface area contributed by atoms with Gasteiger partial charge in [-0.2, -0.15) is 10.1 Å². The fourth-order valence-electron chi connectivity index (χ4n) is 3.80. The molecule has 150 valence electrons. The Bertz CT molecular complexity index is 998. The van der Waals surface area contributed by atoms with E-state index in [1.165, 1.54) is 6.33 Å². The van der Waals surface area contributed by atoms with Crippen LogP contribution in [0.1, 0.15) is 43.5 Å². The van der Waals surface area contributed by atoms with Gasteiger partial charge in [-0.15, -0.1) is 0 Å². The standard InChI is InChI=1S/C22H23ClN4O2/c1-14(2)21(28)26-19(15-4-8-17(23)9-5-15)12-20(27-22(26)24-13-25-27)16-6-10-18(29-3)11-7-16/h4-11,13-14,19-20H,12H2,1-3H3. The molecule has 2 heterocycles. The number of methoxy groups -OCH3 is 1. The van der Waals surface area contributed by atoms with E-state index in [0.717, 1.165) is 16.9 Å². The zero-order valence-corrected chi connectivity index (χ0v) is 17.4. The lowest BCUT2D eigenvalue weighted by atomic mass is 9.91. The molecule has 2 aromatic carbocycles. The number of fused-ring (bicyclic) bond motifs is 1. The number of aromatic nitrogens is 3. The first-order chi connectivity index (χ1) is 14.0. The monoisotopic (exact) mass is 410 g/mol. The summed E-state index contributed by atoms with van der Waals surface area (Å²) in [5.41, 5.74) is 2.12. The number of nitrogens with zero attached hydrogens (tertiary/aromatic N) is 4. The number of rotatable bonds is 4. The van der Waals surface area contributed by atoms with Crippen LogP contribution in [0.15, 0.2) is 54.9 Å². The summed E-state index contributed by atoms with van der Waals surface area (Å²) in [5.74, 6) is 1.23. The molecule has 1 amide bonds. The average molecular weight is 411 g/mol. The molecule has 0 saturated heterocycles. The molecular weight excluding hydrogens is 388 g/mol. The maximum absolute atomic E-state index is 13.1. The number of halogens is 1. The normalized spacial score (nSPS) is 18.6.